The Hall–Kier alpha value is -2.85. The molecule has 2 N–H and O–H groups in total. The molecular formula is C27H32N2O2. The number of hydrogen-bond donors (Lipinski definition) is 2. The molecular weight excluding hydrogens is 384 g/mol. The number of esters is 1. The van der Waals surface area contributed by atoms with Crippen LogP contribution in [0.3, 0.4) is 0 Å². The van der Waals surface area contributed by atoms with Crippen molar-refractivity contribution in [3.8, 4) is 0 Å². The molecule has 3 aromatic carbocycles. The highest BCUT2D eigenvalue weighted by atomic mass is 16.5. The van der Waals surface area contributed by atoms with Crippen LogP contribution in [0.5, 0.6) is 0 Å². The number of hydrogen-bond acceptors (Lipinski definition) is 4. The second kappa shape index (κ2) is 9.97. The Balaban J connectivity index is 1.33. The maximum atomic E-state index is 11.5. The Labute approximate surface area is 185 Å². The normalized spacial score (nSPS) is 19.3. The van der Waals surface area contributed by atoms with E-state index in [1.165, 1.54) is 34.7 Å². The molecule has 0 spiro atoms. The lowest BCUT2D eigenvalue weighted by Gasteiger charge is -2.21. The molecule has 31 heavy (non-hydrogen) atoms. The van der Waals surface area contributed by atoms with Crippen LogP contribution < -0.4 is 10.6 Å². The molecule has 1 aliphatic carbocycles. The molecule has 1 aliphatic rings. The lowest BCUT2D eigenvalue weighted by Crippen LogP contribution is -2.29. The van der Waals surface area contributed by atoms with Gasteiger partial charge in [0.05, 0.1) is 6.61 Å². The molecule has 4 heteroatoms. The summed E-state index contributed by atoms with van der Waals surface area (Å²) in [5, 5.41) is 9.65. The number of carbonyl (C=O) groups is 1. The van der Waals surface area contributed by atoms with Gasteiger partial charge in [0, 0.05) is 17.8 Å². The minimum absolute atomic E-state index is 0.203. The number of carbonyl (C=O) groups excluding carboxylic acids is 1. The van der Waals surface area contributed by atoms with E-state index in [-0.39, 0.29) is 12.5 Å². The van der Waals surface area contributed by atoms with Gasteiger partial charge in [-0.25, -0.2) is 0 Å². The molecule has 162 valence electrons. The van der Waals surface area contributed by atoms with Gasteiger partial charge in [0.1, 0.15) is 6.54 Å². The molecule has 1 fully saturated rings. The van der Waals surface area contributed by atoms with Crippen molar-refractivity contribution in [1.29, 1.82) is 0 Å². The highest BCUT2D eigenvalue weighted by Gasteiger charge is 2.27. The van der Waals surface area contributed by atoms with Crippen molar-refractivity contribution >= 4 is 22.4 Å². The lowest BCUT2D eigenvalue weighted by atomic mass is 9.96. The molecule has 0 amide bonds. The van der Waals surface area contributed by atoms with Crippen LogP contribution in [0.25, 0.3) is 10.8 Å². The summed E-state index contributed by atoms with van der Waals surface area (Å²) in [6.45, 7) is 4.71. The molecule has 0 heterocycles. The average Bonchev–Trinajstić information content (AvgIpc) is 3.26. The quantitative estimate of drug-likeness (QED) is 0.456. The van der Waals surface area contributed by atoms with Crippen LogP contribution in [0.4, 0.5) is 5.69 Å². The summed E-state index contributed by atoms with van der Waals surface area (Å²) in [5.41, 5.74) is 3.71. The fourth-order valence-electron chi connectivity index (χ4n) is 4.77. The third kappa shape index (κ3) is 5.26. The maximum Gasteiger partial charge on any atom is 0.325 e. The number of anilines is 1. The van der Waals surface area contributed by atoms with Crippen molar-refractivity contribution < 1.29 is 9.53 Å². The van der Waals surface area contributed by atoms with Gasteiger partial charge in [-0.1, -0.05) is 54.6 Å². The zero-order valence-corrected chi connectivity index (χ0v) is 18.4. The van der Waals surface area contributed by atoms with E-state index < -0.39 is 0 Å². The Morgan fingerprint density at radius 2 is 1.81 bits per heavy atom. The molecule has 0 bridgehead atoms. The summed E-state index contributed by atoms with van der Waals surface area (Å²) < 4.78 is 4.96. The van der Waals surface area contributed by atoms with Gasteiger partial charge in [-0.3, -0.25) is 4.79 Å². The minimum Gasteiger partial charge on any atom is -0.465 e. The monoisotopic (exact) mass is 416 g/mol. The van der Waals surface area contributed by atoms with Crippen molar-refractivity contribution in [2.24, 2.45) is 0 Å². The number of nitrogens with one attached hydrogen (secondary N) is 2. The number of fused-ring (bicyclic) bond motifs is 1. The van der Waals surface area contributed by atoms with Crippen LogP contribution in [0.15, 0.2) is 66.7 Å². The predicted octanol–water partition coefficient (Wildman–Crippen LogP) is 5.80. The SMILES string of the molecule is CCOC(=O)CNc1ccc([C@@H]2CC[C@H](N[C@H](C)c3cccc4ccccc34)C2)cc1. The molecule has 4 rings (SSSR count). The fraction of sp³-hybridized carbons (Fsp3) is 0.370. The Morgan fingerprint density at radius 1 is 1.03 bits per heavy atom. The van der Waals surface area contributed by atoms with E-state index in [1.807, 2.05) is 6.92 Å². The van der Waals surface area contributed by atoms with E-state index in [9.17, 15) is 4.79 Å². The van der Waals surface area contributed by atoms with E-state index >= 15 is 0 Å². The first-order chi connectivity index (χ1) is 15.1. The average molecular weight is 417 g/mol. The van der Waals surface area contributed by atoms with Gasteiger partial charge in [-0.15, -0.1) is 0 Å². The van der Waals surface area contributed by atoms with Crippen LogP contribution in [0, 0.1) is 0 Å². The third-order valence-corrected chi connectivity index (χ3v) is 6.33. The fourth-order valence-corrected chi connectivity index (χ4v) is 4.77. The third-order valence-electron chi connectivity index (χ3n) is 6.33. The Kier molecular flexibility index (Phi) is 6.88. The van der Waals surface area contributed by atoms with Gasteiger partial charge < -0.3 is 15.4 Å². The predicted molar refractivity (Wildman–Crippen MR) is 127 cm³/mol. The van der Waals surface area contributed by atoms with E-state index in [1.54, 1.807) is 0 Å². The largest absolute Gasteiger partial charge is 0.465 e. The maximum absolute atomic E-state index is 11.5. The molecule has 0 unspecified atom stereocenters. The van der Waals surface area contributed by atoms with Crippen LogP contribution in [0.1, 0.15) is 56.2 Å². The van der Waals surface area contributed by atoms with Gasteiger partial charge in [0.2, 0.25) is 0 Å². The topological polar surface area (TPSA) is 50.4 Å². The first-order valence-corrected chi connectivity index (χ1v) is 11.4. The van der Waals surface area contributed by atoms with Gasteiger partial charge in [-0.05, 0) is 73.1 Å². The van der Waals surface area contributed by atoms with E-state index in [4.69, 9.17) is 4.74 Å². The summed E-state index contributed by atoms with van der Waals surface area (Å²) in [7, 11) is 0. The summed E-state index contributed by atoms with van der Waals surface area (Å²) >= 11 is 0. The van der Waals surface area contributed by atoms with Crippen molar-refractivity contribution in [3.63, 3.8) is 0 Å². The Morgan fingerprint density at radius 3 is 2.61 bits per heavy atom. The standard InChI is InChI=1S/C27H32N2O2/c1-3-31-27(30)18-28-23-14-11-20(12-15-23)22-13-16-24(17-22)29-19(2)25-10-6-8-21-7-4-5-9-26(21)25/h4-12,14-15,19,22,24,28-29H,3,13,16-18H2,1-2H3/t19-,22-,24+/m1/s1. The number of benzene rings is 3. The summed E-state index contributed by atoms with van der Waals surface area (Å²) in [4.78, 5) is 11.5. The van der Waals surface area contributed by atoms with Gasteiger partial charge >= 0.3 is 5.97 Å². The summed E-state index contributed by atoms with van der Waals surface area (Å²) in [6, 6.07) is 24.6. The van der Waals surface area contributed by atoms with Gasteiger partial charge in [0.15, 0.2) is 0 Å². The number of ether oxygens (including phenoxy) is 1. The summed E-state index contributed by atoms with van der Waals surface area (Å²) in [6.07, 6.45) is 3.56. The molecule has 0 aliphatic heterocycles. The first-order valence-electron chi connectivity index (χ1n) is 11.4. The lowest BCUT2D eigenvalue weighted by molar-refractivity contribution is -0.140. The van der Waals surface area contributed by atoms with Crippen molar-refractivity contribution in [2.75, 3.05) is 18.5 Å². The molecule has 0 saturated heterocycles. The first kappa shape index (κ1) is 21.4. The van der Waals surface area contributed by atoms with Crippen molar-refractivity contribution in [1.82, 2.24) is 5.32 Å². The highest BCUT2D eigenvalue weighted by molar-refractivity contribution is 5.86. The van der Waals surface area contributed by atoms with E-state index in [2.05, 4.69) is 84.3 Å². The zero-order valence-electron chi connectivity index (χ0n) is 18.4. The van der Waals surface area contributed by atoms with Crippen LogP contribution in [0.2, 0.25) is 0 Å². The summed E-state index contributed by atoms with van der Waals surface area (Å²) in [5.74, 6) is 0.355. The van der Waals surface area contributed by atoms with Crippen LogP contribution in [-0.4, -0.2) is 25.2 Å². The van der Waals surface area contributed by atoms with Crippen LogP contribution >= 0.6 is 0 Å². The van der Waals surface area contributed by atoms with Gasteiger partial charge in [-0.2, -0.15) is 0 Å². The number of rotatable bonds is 8. The molecule has 0 radical (unpaired) electrons. The van der Waals surface area contributed by atoms with Crippen molar-refractivity contribution in [3.05, 3.63) is 77.9 Å². The molecule has 0 aromatic heterocycles. The highest BCUT2D eigenvalue weighted by Crippen LogP contribution is 2.36. The molecule has 4 nitrogen and oxygen atoms in total. The minimum atomic E-state index is -0.225. The van der Waals surface area contributed by atoms with Gasteiger partial charge in [0.25, 0.3) is 0 Å². The Bertz CT molecular complexity index is 1010. The molecule has 3 aromatic rings. The van der Waals surface area contributed by atoms with E-state index in [0.29, 0.717) is 24.6 Å². The van der Waals surface area contributed by atoms with Crippen molar-refractivity contribution in [2.45, 2.75) is 51.1 Å². The molecule has 3 atom stereocenters. The second-order valence-electron chi connectivity index (χ2n) is 8.44. The zero-order chi connectivity index (χ0) is 21.6. The second-order valence-corrected chi connectivity index (χ2v) is 8.44. The van der Waals surface area contributed by atoms with E-state index in [0.717, 1.165) is 12.1 Å². The smallest absolute Gasteiger partial charge is 0.325 e. The van der Waals surface area contributed by atoms with Crippen LogP contribution in [-0.2, 0) is 9.53 Å². The molecule has 1 saturated carbocycles.